The average molecular weight is 559 g/mol. The summed E-state index contributed by atoms with van der Waals surface area (Å²) in [4.78, 5) is 17.5. The van der Waals surface area contributed by atoms with Crippen LogP contribution in [0, 0.1) is 12.3 Å². The monoisotopic (exact) mass is 557 g/mol. The number of rotatable bonds is 8. The minimum Gasteiger partial charge on any atom is -0.361 e. The first-order chi connectivity index (χ1) is 16.8. The Balaban J connectivity index is 0.00000210. The van der Waals surface area contributed by atoms with Gasteiger partial charge in [0.05, 0.1) is 12.5 Å². The maximum Gasteiger partial charge on any atom is 0.227 e. The van der Waals surface area contributed by atoms with Crippen molar-refractivity contribution in [2.75, 3.05) is 24.5 Å². The summed E-state index contributed by atoms with van der Waals surface area (Å²) in [5.74, 6) is 0.0279. The molecule has 1 amide bonds. The van der Waals surface area contributed by atoms with Crippen LogP contribution in [0.5, 0.6) is 0 Å². The molecule has 1 aliphatic heterocycles. The lowest BCUT2D eigenvalue weighted by atomic mass is 9.97. The quantitative estimate of drug-likeness (QED) is 0.264. The third kappa shape index (κ3) is 8.08. The van der Waals surface area contributed by atoms with E-state index < -0.39 is 0 Å². The smallest absolute Gasteiger partial charge is 0.227 e. The van der Waals surface area contributed by atoms with E-state index in [0.29, 0.717) is 23.1 Å². The summed E-state index contributed by atoms with van der Waals surface area (Å²) < 4.78 is 0.655. The molecule has 0 aliphatic carbocycles. The highest BCUT2D eigenvalue weighted by molar-refractivity contribution is 9.11. The van der Waals surface area contributed by atoms with Crippen molar-refractivity contribution in [1.82, 2.24) is 4.90 Å². The zero-order valence-electron chi connectivity index (χ0n) is 21.3. The van der Waals surface area contributed by atoms with E-state index in [4.69, 9.17) is 17.0 Å². The third-order valence-electron chi connectivity index (χ3n) is 5.95. The molecule has 1 unspecified atom stereocenters. The Morgan fingerprint density at radius 2 is 1.89 bits per heavy atom. The summed E-state index contributed by atoms with van der Waals surface area (Å²) in [6, 6.07) is 14.7. The Kier molecular flexibility index (Phi) is 11.8. The number of nitrogens with one attached hydrogen (secondary N) is 1. The predicted molar refractivity (Wildman–Crippen MR) is 154 cm³/mol. The number of aryl methyl sites for hydroxylation is 2. The summed E-state index contributed by atoms with van der Waals surface area (Å²) in [6.07, 6.45) is 5.14. The predicted octanol–water partition coefficient (Wildman–Crippen LogP) is 7.89. The molecular weight excluding hydrogens is 522 g/mol. The van der Waals surface area contributed by atoms with Crippen LogP contribution in [0.1, 0.15) is 56.3 Å². The maximum atomic E-state index is 13.1. The van der Waals surface area contributed by atoms with Gasteiger partial charge in [-0.2, -0.15) is 0 Å². The number of halogens is 2. The highest BCUT2D eigenvalue weighted by Gasteiger charge is 2.32. The van der Waals surface area contributed by atoms with Crippen molar-refractivity contribution in [2.45, 2.75) is 53.0 Å². The standard InChI is InChI=1S/C27H31BrClN3O.C2H6/c1-4-5-23-16-24(29)10-11-25(23)32-13-12-31(27(33)15-21(17-30)14-20(3)28)18-26(32)22-8-6-19(2)7-9-22;1-2/h6-11,14,16-17,26,30H,3-5,12-13,15,18H2,1-2H3;1-2H3/b21-14-,30-17?;. The Bertz CT molecular complexity index is 1050. The van der Waals surface area contributed by atoms with E-state index in [-0.39, 0.29) is 18.4 Å². The van der Waals surface area contributed by atoms with Crippen molar-refractivity contribution in [2.24, 2.45) is 0 Å². The van der Waals surface area contributed by atoms with Crippen LogP contribution in [0.2, 0.25) is 5.02 Å². The fourth-order valence-corrected chi connectivity index (χ4v) is 4.80. The number of anilines is 1. The van der Waals surface area contributed by atoms with Crippen molar-refractivity contribution in [3.05, 3.63) is 86.9 Å². The molecule has 0 bridgehead atoms. The molecule has 1 fully saturated rings. The number of hydrogen-bond acceptors (Lipinski definition) is 3. The molecular formula is C29H37BrClN3O. The SMILES string of the molecule is C=C(Br)/C=C(\C=N)CC(=O)N1CCN(c2ccc(Cl)cc2CCC)C(c2ccc(C)cc2)C1.CC. The summed E-state index contributed by atoms with van der Waals surface area (Å²) in [6.45, 7) is 14.0. The summed E-state index contributed by atoms with van der Waals surface area (Å²) >= 11 is 9.61. The first kappa shape index (κ1) is 28.9. The lowest BCUT2D eigenvalue weighted by Crippen LogP contribution is -2.51. The normalized spacial score (nSPS) is 15.8. The molecule has 6 heteroatoms. The molecule has 3 rings (SSSR count). The van der Waals surface area contributed by atoms with Crippen LogP contribution in [-0.2, 0) is 11.2 Å². The van der Waals surface area contributed by atoms with E-state index in [9.17, 15) is 4.79 Å². The van der Waals surface area contributed by atoms with E-state index in [1.165, 1.54) is 28.6 Å². The Morgan fingerprint density at radius 3 is 2.49 bits per heavy atom. The van der Waals surface area contributed by atoms with Gasteiger partial charge in [0.15, 0.2) is 0 Å². The van der Waals surface area contributed by atoms with Crippen molar-refractivity contribution >= 4 is 45.3 Å². The van der Waals surface area contributed by atoms with Gasteiger partial charge in [-0.3, -0.25) is 4.79 Å². The second-order valence-electron chi connectivity index (χ2n) is 8.47. The molecule has 0 radical (unpaired) electrons. The van der Waals surface area contributed by atoms with Crippen LogP contribution in [0.3, 0.4) is 0 Å². The fourth-order valence-electron chi connectivity index (χ4n) is 4.31. The number of hydrogen-bond donors (Lipinski definition) is 1. The molecule has 4 nitrogen and oxygen atoms in total. The van der Waals surface area contributed by atoms with Gasteiger partial charge in [0, 0.05) is 41.0 Å². The zero-order valence-corrected chi connectivity index (χ0v) is 23.6. The van der Waals surface area contributed by atoms with E-state index in [0.717, 1.165) is 24.4 Å². The summed E-state index contributed by atoms with van der Waals surface area (Å²) in [7, 11) is 0. The average Bonchev–Trinajstić information content (AvgIpc) is 2.85. The molecule has 2 aromatic carbocycles. The van der Waals surface area contributed by atoms with Gasteiger partial charge in [-0.1, -0.05) is 91.1 Å². The van der Waals surface area contributed by atoms with Gasteiger partial charge in [0.2, 0.25) is 5.91 Å². The topological polar surface area (TPSA) is 47.4 Å². The van der Waals surface area contributed by atoms with E-state index >= 15 is 0 Å². The van der Waals surface area contributed by atoms with Crippen molar-refractivity contribution in [3.8, 4) is 0 Å². The van der Waals surface area contributed by atoms with Crippen molar-refractivity contribution in [3.63, 3.8) is 0 Å². The summed E-state index contributed by atoms with van der Waals surface area (Å²) in [5.41, 5.74) is 5.47. The highest BCUT2D eigenvalue weighted by Crippen LogP contribution is 2.35. The molecule has 0 aromatic heterocycles. The third-order valence-corrected chi connectivity index (χ3v) is 6.41. The minimum atomic E-state index is 0.0279. The Morgan fingerprint density at radius 1 is 1.20 bits per heavy atom. The van der Waals surface area contributed by atoms with Gasteiger partial charge in [-0.05, 0) is 54.3 Å². The molecule has 1 aliphatic rings. The number of benzene rings is 2. The van der Waals surface area contributed by atoms with Crippen LogP contribution in [0.25, 0.3) is 0 Å². The van der Waals surface area contributed by atoms with Crippen LogP contribution in [-0.4, -0.2) is 36.7 Å². The van der Waals surface area contributed by atoms with Gasteiger partial charge in [-0.25, -0.2) is 0 Å². The number of nitrogens with zero attached hydrogens (tertiary/aromatic N) is 2. The lowest BCUT2D eigenvalue weighted by Gasteiger charge is -2.44. The van der Waals surface area contributed by atoms with Crippen LogP contribution >= 0.6 is 27.5 Å². The molecule has 35 heavy (non-hydrogen) atoms. The van der Waals surface area contributed by atoms with Gasteiger partial charge in [-0.15, -0.1) is 0 Å². The largest absolute Gasteiger partial charge is 0.361 e. The number of carbonyl (C=O) groups is 1. The first-order valence-corrected chi connectivity index (χ1v) is 13.4. The molecule has 1 atom stereocenters. The number of piperazine rings is 1. The van der Waals surface area contributed by atoms with Gasteiger partial charge >= 0.3 is 0 Å². The second kappa shape index (κ2) is 14.3. The Labute approximate surface area is 224 Å². The molecule has 1 saturated heterocycles. The first-order valence-electron chi connectivity index (χ1n) is 12.3. The van der Waals surface area contributed by atoms with E-state index in [2.05, 4.69) is 77.7 Å². The van der Waals surface area contributed by atoms with Gasteiger partial charge < -0.3 is 15.2 Å². The van der Waals surface area contributed by atoms with Gasteiger partial charge in [0.25, 0.3) is 0 Å². The number of amides is 1. The molecule has 188 valence electrons. The molecule has 0 spiro atoms. The van der Waals surface area contributed by atoms with Crippen LogP contribution < -0.4 is 4.90 Å². The van der Waals surface area contributed by atoms with Crippen molar-refractivity contribution in [1.29, 1.82) is 5.41 Å². The lowest BCUT2D eigenvalue weighted by molar-refractivity contribution is -0.131. The Hall–Kier alpha value is -2.37. The molecule has 1 heterocycles. The van der Waals surface area contributed by atoms with Crippen LogP contribution in [0.4, 0.5) is 5.69 Å². The summed E-state index contributed by atoms with van der Waals surface area (Å²) in [5, 5.41) is 8.39. The molecule has 0 saturated carbocycles. The fraction of sp³-hybridized carbons (Fsp3) is 0.379. The number of carbonyl (C=O) groups excluding carboxylic acids is 1. The second-order valence-corrected chi connectivity index (χ2v) is 9.92. The maximum absolute atomic E-state index is 13.1. The van der Waals surface area contributed by atoms with Crippen LogP contribution in [0.15, 0.2) is 65.2 Å². The highest BCUT2D eigenvalue weighted by atomic mass is 79.9. The van der Waals surface area contributed by atoms with E-state index in [1.54, 1.807) is 6.08 Å². The van der Waals surface area contributed by atoms with Gasteiger partial charge in [0.1, 0.15) is 0 Å². The number of allylic oxidation sites excluding steroid dienone is 2. The van der Waals surface area contributed by atoms with Crippen molar-refractivity contribution < 1.29 is 4.79 Å². The molecule has 2 aromatic rings. The zero-order chi connectivity index (χ0) is 26.0. The molecule has 1 N–H and O–H groups in total. The van der Waals surface area contributed by atoms with E-state index in [1.807, 2.05) is 24.8 Å². The minimum absolute atomic E-state index is 0.0279.